The van der Waals surface area contributed by atoms with Crippen molar-refractivity contribution >= 4 is 15.7 Å². The molecule has 1 aliphatic carbocycles. The van der Waals surface area contributed by atoms with Crippen LogP contribution in [0.25, 0.3) is 0 Å². The zero-order chi connectivity index (χ0) is 13.3. The summed E-state index contributed by atoms with van der Waals surface area (Å²) in [5, 5.41) is -0.437. The van der Waals surface area contributed by atoms with E-state index in [4.69, 9.17) is 5.73 Å². The Hall–Kier alpha value is -0.620. The molecule has 1 amide bonds. The molecule has 6 heteroatoms. The van der Waals surface area contributed by atoms with Gasteiger partial charge in [0, 0.05) is 19.0 Å². The van der Waals surface area contributed by atoms with Gasteiger partial charge in [-0.2, -0.15) is 0 Å². The first-order valence-electron chi connectivity index (χ1n) is 6.66. The second-order valence-electron chi connectivity index (χ2n) is 5.50. The molecule has 0 aromatic rings. The van der Waals surface area contributed by atoms with Gasteiger partial charge in [-0.1, -0.05) is 6.42 Å². The number of hydrogen-bond acceptors (Lipinski definition) is 4. The molecule has 1 heterocycles. The van der Waals surface area contributed by atoms with Gasteiger partial charge in [-0.05, 0) is 32.2 Å². The lowest BCUT2D eigenvalue weighted by atomic mass is 9.94. The first kappa shape index (κ1) is 13.8. The Morgan fingerprint density at radius 2 is 2.11 bits per heavy atom. The van der Waals surface area contributed by atoms with Crippen LogP contribution in [0.3, 0.4) is 0 Å². The molecular weight excluding hydrogens is 252 g/mol. The molecule has 2 fully saturated rings. The minimum Gasteiger partial charge on any atom is -0.340 e. The largest absolute Gasteiger partial charge is 0.340 e. The van der Waals surface area contributed by atoms with Gasteiger partial charge >= 0.3 is 0 Å². The van der Waals surface area contributed by atoms with Gasteiger partial charge in [0.2, 0.25) is 5.91 Å². The van der Waals surface area contributed by atoms with E-state index in [-0.39, 0.29) is 23.5 Å². The summed E-state index contributed by atoms with van der Waals surface area (Å²) >= 11 is 0. The van der Waals surface area contributed by atoms with Gasteiger partial charge < -0.3 is 10.6 Å². The maximum absolute atomic E-state index is 12.4. The van der Waals surface area contributed by atoms with Crippen LogP contribution in [0.15, 0.2) is 0 Å². The smallest absolute Gasteiger partial charge is 0.226 e. The number of nitrogens with two attached hydrogens (primary N) is 1. The van der Waals surface area contributed by atoms with Crippen molar-refractivity contribution in [3.63, 3.8) is 0 Å². The fourth-order valence-corrected chi connectivity index (χ4v) is 4.32. The molecule has 2 N–H and O–H groups in total. The van der Waals surface area contributed by atoms with Gasteiger partial charge in [0.15, 0.2) is 9.84 Å². The van der Waals surface area contributed by atoms with E-state index in [1.165, 1.54) is 0 Å². The third-order valence-corrected chi connectivity index (χ3v) is 6.45. The van der Waals surface area contributed by atoms with Crippen LogP contribution in [-0.4, -0.2) is 49.9 Å². The van der Waals surface area contributed by atoms with E-state index in [1.807, 2.05) is 0 Å². The van der Waals surface area contributed by atoms with Crippen molar-refractivity contribution in [1.29, 1.82) is 0 Å². The van der Waals surface area contributed by atoms with Crippen LogP contribution in [-0.2, 0) is 14.6 Å². The molecule has 1 aliphatic heterocycles. The third kappa shape index (κ3) is 2.54. The quantitative estimate of drug-likeness (QED) is 0.769. The highest BCUT2D eigenvalue weighted by molar-refractivity contribution is 7.92. The minimum atomic E-state index is -2.99. The Morgan fingerprint density at radius 3 is 2.72 bits per heavy atom. The molecule has 18 heavy (non-hydrogen) atoms. The molecule has 0 aromatic heterocycles. The van der Waals surface area contributed by atoms with Gasteiger partial charge in [-0.3, -0.25) is 4.79 Å². The molecule has 0 spiro atoms. The topological polar surface area (TPSA) is 80.5 Å². The molecule has 3 atom stereocenters. The van der Waals surface area contributed by atoms with E-state index in [0.717, 1.165) is 19.3 Å². The number of rotatable bonds is 2. The monoisotopic (exact) mass is 274 g/mol. The van der Waals surface area contributed by atoms with Crippen LogP contribution in [0.1, 0.15) is 26.2 Å². The van der Waals surface area contributed by atoms with Crippen LogP contribution in [0.2, 0.25) is 0 Å². The summed E-state index contributed by atoms with van der Waals surface area (Å²) in [5.74, 6) is 0.513. The van der Waals surface area contributed by atoms with E-state index < -0.39 is 15.1 Å². The molecule has 1 unspecified atom stereocenters. The van der Waals surface area contributed by atoms with E-state index in [2.05, 4.69) is 0 Å². The SMILES string of the molecule is CC1CN(C(=O)[C@@H]2CCC[C@@H]2CN)CCS1(=O)=O. The zero-order valence-corrected chi connectivity index (χ0v) is 11.7. The number of carbonyl (C=O) groups excluding carboxylic acids is 1. The number of amides is 1. The maximum Gasteiger partial charge on any atom is 0.226 e. The van der Waals surface area contributed by atoms with Crippen molar-refractivity contribution in [3.8, 4) is 0 Å². The minimum absolute atomic E-state index is 0.0167. The molecular formula is C12H22N2O3S. The Kier molecular flexibility index (Phi) is 3.96. The third-order valence-electron chi connectivity index (χ3n) is 4.33. The van der Waals surface area contributed by atoms with Crippen LogP contribution in [0, 0.1) is 11.8 Å². The standard InChI is InChI=1S/C12H22N2O3S/c1-9-8-14(5-6-18(9,16)17)12(15)11-4-2-3-10(11)7-13/h9-11H,2-8,13H2,1H3/t9?,10-,11-/m1/s1. The van der Waals surface area contributed by atoms with Gasteiger partial charge in [0.25, 0.3) is 0 Å². The lowest BCUT2D eigenvalue weighted by molar-refractivity contribution is -0.136. The van der Waals surface area contributed by atoms with Crippen molar-refractivity contribution in [2.75, 3.05) is 25.4 Å². The number of sulfone groups is 1. The first-order valence-corrected chi connectivity index (χ1v) is 8.37. The van der Waals surface area contributed by atoms with Gasteiger partial charge in [-0.15, -0.1) is 0 Å². The summed E-state index contributed by atoms with van der Waals surface area (Å²) in [5.41, 5.74) is 5.70. The lowest BCUT2D eigenvalue weighted by Gasteiger charge is -2.33. The first-order chi connectivity index (χ1) is 8.45. The predicted octanol–water partition coefficient (Wildman–Crippen LogP) is 0.00690. The molecule has 0 bridgehead atoms. The van der Waals surface area contributed by atoms with Crippen LogP contribution < -0.4 is 5.73 Å². The van der Waals surface area contributed by atoms with E-state index in [9.17, 15) is 13.2 Å². The molecule has 2 rings (SSSR count). The normalized spacial score (nSPS) is 35.7. The van der Waals surface area contributed by atoms with E-state index in [1.54, 1.807) is 11.8 Å². The van der Waals surface area contributed by atoms with E-state index >= 15 is 0 Å². The molecule has 1 saturated carbocycles. The number of hydrogen-bond donors (Lipinski definition) is 1. The Balaban J connectivity index is 2.02. The molecule has 0 aromatic carbocycles. The Morgan fingerprint density at radius 1 is 1.39 bits per heavy atom. The number of nitrogens with zero attached hydrogens (tertiary/aromatic N) is 1. The fourth-order valence-electron chi connectivity index (χ4n) is 3.03. The highest BCUT2D eigenvalue weighted by Crippen LogP contribution is 2.33. The van der Waals surface area contributed by atoms with Gasteiger partial charge in [0.1, 0.15) is 0 Å². The van der Waals surface area contributed by atoms with Crippen molar-refractivity contribution < 1.29 is 13.2 Å². The summed E-state index contributed by atoms with van der Waals surface area (Å²) < 4.78 is 23.3. The second-order valence-corrected chi connectivity index (χ2v) is 8.03. The molecule has 104 valence electrons. The average molecular weight is 274 g/mol. The second kappa shape index (κ2) is 5.17. The van der Waals surface area contributed by atoms with Crippen molar-refractivity contribution in [2.45, 2.75) is 31.4 Å². The summed E-state index contributed by atoms with van der Waals surface area (Å²) in [6, 6.07) is 0. The summed E-state index contributed by atoms with van der Waals surface area (Å²) in [6.07, 6.45) is 2.98. The van der Waals surface area contributed by atoms with Crippen LogP contribution in [0.5, 0.6) is 0 Å². The fraction of sp³-hybridized carbons (Fsp3) is 0.917. The van der Waals surface area contributed by atoms with Crippen molar-refractivity contribution in [2.24, 2.45) is 17.6 Å². The van der Waals surface area contributed by atoms with E-state index in [0.29, 0.717) is 19.6 Å². The Labute approximate surface area is 109 Å². The molecule has 0 radical (unpaired) electrons. The van der Waals surface area contributed by atoms with Gasteiger partial charge in [0.05, 0.1) is 11.0 Å². The van der Waals surface area contributed by atoms with Crippen molar-refractivity contribution in [3.05, 3.63) is 0 Å². The van der Waals surface area contributed by atoms with Crippen LogP contribution in [0.4, 0.5) is 0 Å². The van der Waals surface area contributed by atoms with Crippen molar-refractivity contribution in [1.82, 2.24) is 4.90 Å². The van der Waals surface area contributed by atoms with Gasteiger partial charge in [-0.25, -0.2) is 8.42 Å². The van der Waals surface area contributed by atoms with Crippen LogP contribution >= 0.6 is 0 Å². The molecule has 1 saturated heterocycles. The number of carbonyl (C=O) groups is 1. The molecule has 2 aliphatic rings. The lowest BCUT2D eigenvalue weighted by Crippen LogP contribution is -2.50. The highest BCUT2D eigenvalue weighted by Gasteiger charge is 2.38. The summed E-state index contributed by atoms with van der Waals surface area (Å²) in [7, 11) is -2.99. The predicted molar refractivity (Wildman–Crippen MR) is 69.7 cm³/mol. The zero-order valence-electron chi connectivity index (χ0n) is 10.8. The summed E-state index contributed by atoms with van der Waals surface area (Å²) in [6.45, 7) is 2.93. The molecule has 5 nitrogen and oxygen atoms in total. The summed E-state index contributed by atoms with van der Waals surface area (Å²) in [4.78, 5) is 14.1. The highest BCUT2D eigenvalue weighted by atomic mass is 32.2. The maximum atomic E-state index is 12.4. The Bertz CT molecular complexity index is 421. The average Bonchev–Trinajstić information content (AvgIpc) is 2.80.